The molecule has 9 rings (SSSR count). The minimum atomic E-state index is -2.50. The number of aryl methyl sites for hydroxylation is 1. The molecule has 0 aliphatic carbocycles. The molecule has 0 aliphatic heterocycles. The van der Waals surface area contributed by atoms with Gasteiger partial charge in [-0.05, 0) is 128 Å². The number of pyridine rings is 1. The lowest BCUT2D eigenvalue weighted by atomic mass is 9.83. The lowest BCUT2D eigenvalue weighted by Gasteiger charge is -2.22. The van der Waals surface area contributed by atoms with Gasteiger partial charge < -0.3 is 5.11 Å². The van der Waals surface area contributed by atoms with E-state index < -0.39 is 54.7 Å². The first-order valence-corrected chi connectivity index (χ1v) is 21.3. The van der Waals surface area contributed by atoms with E-state index >= 15 is 0 Å². The number of para-hydroxylation sites is 1. The van der Waals surface area contributed by atoms with Crippen molar-refractivity contribution in [3.63, 3.8) is 0 Å². The van der Waals surface area contributed by atoms with Gasteiger partial charge in [0.1, 0.15) is 11.6 Å². The van der Waals surface area contributed by atoms with Crippen LogP contribution < -0.4 is 0 Å². The number of phenols is 1. The van der Waals surface area contributed by atoms with Crippen molar-refractivity contribution in [3.05, 3.63) is 192 Å². The molecule has 9 aromatic rings. The van der Waals surface area contributed by atoms with Crippen molar-refractivity contribution in [2.24, 2.45) is 0 Å². The number of benzene rings is 7. The molecule has 7 aromatic carbocycles. The van der Waals surface area contributed by atoms with Gasteiger partial charge in [-0.2, -0.15) is 0 Å². The second-order valence-corrected chi connectivity index (χ2v) is 17.7. The summed E-state index contributed by atoms with van der Waals surface area (Å²) in [5, 5.41) is 12.5. The fraction of sp³-hybridized carbons (Fsp3) is 0.186. The minimum absolute atomic E-state index is 0.0227. The van der Waals surface area contributed by atoms with E-state index in [0.29, 0.717) is 61.5 Å². The molecule has 0 bridgehead atoms. The Balaban J connectivity index is 1.41. The molecule has 1 N–H and O–H groups in total. The Morgan fingerprint density at radius 2 is 1.32 bits per heavy atom. The summed E-state index contributed by atoms with van der Waals surface area (Å²) in [6.07, 6.45) is -0.538. The molecule has 0 aliphatic rings. The largest absolute Gasteiger partial charge is 0.507 e. The SMILES string of the molecule is [2H]c1nc(-c2cc(-c3cccc4c3nc(-c3cc(C(C)C)cc(C(C)C)c3O)n4-c3cc(-c4ccccc4)c(C([2H])([2H])[2H])cc3-c3ccccc3)cc(C(C)(C)C)c2)c([2H])c(-c2c([2H])c([2H])c([2H])c([2H])c2[2H])c1[2H]. The van der Waals surface area contributed by atoms with Crippen molar-refractivity contribution in [2.75, 3.05) is 0 Å². The molecule has 63 heavy (non-hydrogen) atoms. The molecule has 0 radical (unpaired) electrons. The molecule has 2 heterocycles. The Kier molecular flexibility index (Phi) is 7.96. The second-order valence-electron chi connectivity index (χ2n) is 17.7. The van der Waals surface area contributed by atoms with Gasteiger partial charge in [0.15, 0.2) is 0 Å². The van der Waals surface area contributed by atoms with E-state index in [1.807, 2.05) is 154 Å². The van der Waals surface area contributed by atoms with Crippen LogP contribution in [-0.4, -0.2) is 19.6 Å². The van der Waals surface area contributed by atoms with Gasteiger partial charge in [-0.15, -0.1) is 0 Å². The molecular weight excluding hydrogens is 767 g/mol. The number of nitrogens with zero attached hydrogens (tertiary/aromatic N) is 3. The minimum Gasteiger partial charge on any atom is -0.507 e. The van der Waals surface area contributed by atoms with E-state index in [4.69, 9.17) is 18.7 Å². The zero-order chi connectivity index (χ0) is 53.5. The van der Waals surface area contributed by atoms with Gasteiger partial charge in [0.05, 0.1) is 38.9 Å². The fourth-order valence-electron chi connectivity index (χ4n) is 8.17. The molecule has 4 nitrogen and oxygen atoms in total. The van der Waals surface area contributed by atoms with Crippen LogP contribution >= 0.6 is 0 Å². The van der Waals surface area contributed by atoms with Crippen LogP contribution in [0.1, 0.15) is 97.6 Å². The maximum atomic E-state index is 12.5. The topological polar surface area (TPSA) is 50.9 Å². The van der Waals surface area contributed by atoms with Gasteiger partial charge in [-0.25, -0.2) is 4.98 Å². The van der Waals surface area contributed by atoms with Crippen molar-refractivity contribution in [1.82, 2.24) is 14.5 Å². The molecule has 0 saturated heterocycles. The van der Waals surface area contributed by atoms with Crippen molar-refractivity contribution in [1.29, 1.82) is 0 Å². The van der Waals surface area contributed by atoms with Gasteiger partial charge in [0, 0.05) is 27.0 Å². The zero-order valence-corrected chi connectivity index (χ0v) is 36.5. The van der Waals surface area contributed by atoms with Crippen molar-refractivity contribution >= 4 is 11.0 Å². The fourth-order valence-corrected chi connectivity index (χ4v) is 8.17. The van der Waals surface area contributed by atoms with E-state index in [-0.39, 0.29) is 46.0 Å². The van der Waals surface area contributed by atoms with E-state index in [2.05, 4.69) is 18.8 Å². The quantitative estimate of drug-likeness (QED) is 0.158. The third-order valence-corrected chi connectivity index (χ3v) is 11.6. The number of imidazole rings is 1. The highest BCUT2D eigenvalue weighted by molar-refractivity contribution is 5.98. The first kappa shape index (κ1) is 30.1. The van der Waals surface area contributed by atoms with Crippen LogP contribution in [0.15, 0.2) is 170 Å². The van der Waals surface area contributed by atoms with E-state index in [9.17, 15) is 6.48 Å². The number of hydrogen-bond donors (Lipinski definition) is 1. The maximum Gasteiger partial charge on any atom is 0.149 e. The molecule has 0 amide bonds. The highest BCUT2D eigenvalue weighted by atomic mass is 16.3. The monoisotopic (exact) mass is 833 g/mol. The van der Waals surface area contributed by atoms with Crippen LogP contribution in [0.5, 0.6) is 5.75 Å². The summed E-state index contributed by atoms with van der Waals surface area (Å²) in [4.78, 5) is 10.0. The van der Waals surface area contributed by atoms with E-state index in [0.717, 1.165) is 22.3 Å². The predicted octanol–water partition coefficient (Wildman–Crippen LogP) is 16.0. The molecule has 0 atom stereocenters. The lowest BCUT2D eigenvalue weighted by Crippen LogP contribution is -2.11. The lowest BCUT2D eigenvalue weighted by molar-refractivity contribution is 0.466. The number of fused-ring (bicyclic) bond motifs is 1. The predicted molar refractivity (Wildman–Crippen MR) is 265 cm³/mol. The summed E-state index contributed by atoms with van der Waals surface area (Å²) >= 11 is 0. The van der Waals surface area contributed by atoms with Gasteiger partial charge in [-0.3, -0.25) is 9.55 Å². The molecule has 0 saturated carbocycles. The van der Waals surface area contributed by atoms with Gasteiger partial charge in [0.2, 0.25) is 0 Å². The summed E-state index contributed by atoms with van der Waals surface area (Å²) in [5.74, 6) is 0.484. The highest BCUT2D eigenvalue weighted by Gasteiger charge is 2.26. The van der Waals surface area contributed by atoms with Gasteiger partial charge in [-0.1, -0.05) is 164 Å². The number of aromatic hydroxyl groups is 1. The summed E-state index contributed by atoms with van der Waals surface area (Å²) in [6, 6.07) is 34.2. The van der Waals surface area contributed by atoms with Gasteiger partial charge in [0.25, 0.3) is 0 Å². The standard InChI is InChI=1S/C59H55N3O/c1-37(2)44-33-49(38(3)4)57(63)52(34-44)58-61-56-48(45-30-46(32-47(31-45)59(6,7)8)53-35-43(27-28-60-53)40-19-12-9-13-20-40)25-18-26-54(56)62(58)55-36-50(41-21-14-10-15-22-41)39(5)29-51(55)42-23-16-11-17-24-42/h9-38,63H,1-8H3/i5D3,9D,12D,13D,19D,20D,27D,28D,35D. The zero-order valence-electron chi connectivity index (χ0n) is 47.5. The molecule has 0 spiro atoms. The molecule has 0 unspecified atom stereocenters. The second kappa shape index (κ2) is 16.7. The smallest absolute Gasteiger partial charge is 0.149 e. The molecule has 0 fully saturated rings. The summed E-state index contributed by atoms with van der Waals surface area (Å²) in [7, 11) is 0. The van der Waals surface area contributed by atoms with Crippen LogP contribution in [0.2, 0.25) is 0 Å². The summed E-state index contributed by atoms with van der Waals surface area (Å²) < 4.78 is 98.3. The third kappa shape index (κ3) is 7.98. The van der Waals surface area contributed by atoms with Crippen molar-refractivity contribution in [3.8, 4) is 78.6 Å². The van der Waals surface area contributed by atoms with Crippen LogP contribution in [-0.2, 0) is 5.41 Å². The number of rotatable bonds is 9. The Morgan fingerprint density at radius 1 is 0.619 bits per heavy atom. The van der Waals surface area contributed by atoms with Crippen LogP contribution in [0.3, 0.4) is 0 Å². The normalized spacial score (nSPS) is 14.5. The maximum absolute atomic E-state index is 12.5. The molecule has 2 aromatic heterocycles. The van der Waals surface area contributed by atoms with E-state index in [1.54, 1.807) is 6.07 Å². The first-order chi connectivity index (χ1) is 34.9. The number of phenolic OH excluding ortho intramolecular Hbond substituents is 1. The average Bonchev–Trinajstić information content (AvgIpc) is 3.76. The average molecular weight is 833 g/mol. The molecule has 312 valence electrons. The van der Waals surface area contributed by atoms with Crippen molar-refractivity contribution in [2.45, 2.75) is 72.6 Å². The number of aromatic nitrogens is 3. The van der Waals surface area contributed by atoms with Gasteiger partial charge >= 0.3 is 0 Å². The summed E-state index contributed by atoms with van der Waals surface area (Å²) in [5.41, 5.74) is 8.07. The third-order valence-electron chi connectivity index (χ3n) is 11.6. The molecular formula is C59H55N3O. The number of hydrogen-bond acceptors (Lipinski definition) is 3. The van der Waals surface area contributed by atoms with Crippen LogP contribution in [0.25, 0.3) is 83.9 Å². The first-order valence-electron chi connectivity index (χ1n) is 26.8. The summed E-state index contributed by atoms with van der Waals surface area (Å²) in [6.45, 7) is 11.9. The Hall–Kier alpha value is -7.04. The van der Waals surface area contributed by atoms with Crippen LogP contribution in [0.4, 0.5) is 0 Å². The highest BCUT2D eigenvalue weighted by Crippen LogP contribution is 2.45. The Labute approximate surface area is 388 Å². The van der Waals surface area contributed by atoms with Crippen LogP contribution in [0, 0.1) is 6.85 Å². The van der Waals surface area contributed by atoms with Crippen molar-refractivity contribution < 1.29 is 20.2 Å². The van der Waals surface area contributed by atoms with E-state index in [1.165, 1.54) is 0 Å². The Bertz CT molecular complexity index is 3660. The molecule has 4 heteroatoms. The Morgan fingerprint density at radius 3 is 1.98 bits per heavy atom.